The molecule has 2 aliphatic rings. The van der Waals surface area contributed by atoms with Gasteiger partial charge in [0.05, 0.1) is 10.7 Å². The Hall–Kier alpha value is -3.27. The van der Waals surface area contributed by atoms with Gasteiger partial charge in [-0.1, -0.05) is 36.0 Å². The summed E-state index contributed by atoms with van der Waals surface area (Å²) in [6, 6.07) is 5.25. The fourth-order valence-electron chi connectivity index (χ4n) is 4.78. The van der Waals surface area contributed by atoms with Crippen molar-refractivity contribution in [1.29, 1.82) is 0 Å². The van der Waals surface area contributed by atoms with Crippen molar-refractivity contribution in [1.82, 2.24) is 25.1 Å². The number of nitrogens with one attached hydrogen (secondary N) is 2. The first-order valence-electron chi connectivity index (χ1n) is 12.2. The van der Waals surface area contributed by atoms with Crippen molar-refractivity contribution in [3.8, 4) is 0 Å². The Labute approximate surface area is 208 Å². The molecule has 2 fully saturated rings. The number of benzene rings is 1. The molecule has 2 N–H and O–H groups in total. The average Bonchev–Trinajstić information content (AvgIpc) is 3.37. The van der Waals surface area contributed by atoms with Gasteiger partial charge < -0.3 is 20.1 Å². The molecular weight excluding hydrogens is 468 g/mol. The van der Waals surface area contributed by atoms with E-state index in [0.717, 1.165) is 50.5 Å². The molecule has 5 rings (SSSR count). The van der Waals surface area contributed by atoms with Crippen LogP contribution in [0.2, 0.25) is 5.02 Å². The van der Waals surface area contributed by atoms with E-state index in [2.05, 4.69) is 35.6 Å². The van der Waals surface area contributed by atoms with Crippen molar-refractivity contribution < 1.29 is 9.32 Å². The Kier molecular flexibility index (Phi) is 7.08. The highest BCUT2D eigenvalue weighted by atomic mass is 35.5. The molecular formula is C24H29ClN8O2. The zero-order valence-electron chi connectivity index (χ0n) is 19.7. The van der Waals surface area contributed by atoms with Crippen LogP contribution in [0.1, 0.15) is 75.4 Å². The zero-order chi connectivity index (χ0) is 24.2. The van der Waals surface area contributed by atoms with Gasteiger partial charge in [-0.15, -0.1) is 0 Å². The monoisotopic (exact) mass is 496 g/mol. The fraction of sp³-hybridized carbons (Fsp3) is 0.500. The quantitative estimate of drug-likeness (QED) is 0.483. The molecule has 184 valence electrons. The first kappa shape index (κ1) is 23.5. The normalized spacial score (nSPS) is 17.4. The molecule has 35 heavy (non-hydrogen) atoms. The summed E-state index contributed by atoms with van der Waals surface area (Å²) in [5.41, 5.74) is 1.23. The predicted octanol–water partition coefficient (Wildman–Crippen LogP) is 5.04. The number of amides is 1. The molecule has 0 atom stereocenters. The van der Waals surface area contributed by atoms with Crippen molar-refractivity contribution in [3.63, 3.8) is 0 Å². The summed E-state index contributed by atoms with van der Waals surface area (Å²) in [5, 5.41) is 10.6. The maximum atomic E-state index is 11.4. The van der Waals surface area contributed by atoms with Gasteiger partial charge in [0.1, 0.15) is 6.33 Å². The molecule has 3 heterocycles. The van der Waals surface area contributed by atoms with Gasteiger partial charge in [-0.25, -0.2) is 9.97 Å². The van der Waals surface area contributed by atoms with Crippen LogP contribution in [-0.4, -0.2) is 44.1 Å². The summed E-state index contributed by atoms with van der Waals surface area (Å²) in [5.74, 6) is 3.21. The maximum absolute atomic E-state index is 11.4. The number of nitrogens with zero attached hydrogens (tertiary/aromatic N) is 6. The van der Waals surface area contributed by atoms with Crippen molar-refractivity contribution in [2.75, 3.05) is 28.6 Å². The first-order chi connectivity index (χ1) is 17.0. The maximum Gasteiger partial charge on any atom is 0.231 e. The summed E-state index contributed by atoms with van der Waals surface area (Å²) in [7, 11) is 0. The Morgan fingerprint density at radius 2 is 1.86 bits per heavy atom. The number of anilines is 4. The Balaban J connectivity index is 1.20. The number of hydrogen-bond donors (Lipinski definition) is 2. The summed E-state index contributed by atoms with van der Waals surface area (Å²) in [6.07, 6.45) is 9.45. The summed E-state index contributed by atoms with van der Waals surface area (Å²) < 4.78 is 5.66. The van der Waals surface area contributed by atoms with E-state index in [1.807, 2.05) is 0 Å². The molecule has 0 spiro atoms. The van der Waals surface area contributed by atoms with Gasteiger partial charge in [-0.3, -0.25) is 4.79 Å². The third-order valence-electron chi connectivity index (χ3n) is 6.65. The minimum absolute atomic E-state index is 0.194. The van der Waals surface area contributed by atoms with E-state index in [9.17, 15) is 4.79 Å². The largest absolute Gasteiger partial charge is 0.341 e. The lowest BCUT2D eigenvalue weighted by Crippen LogP contribution is -2.34. The molecule has 11 heteroatoms. The number of aromatic nitrogens is 5. The van der Waals surface area contributed by atoms with Crippen molar-refractivity contribution in [2.24, 2.45) is 0 Å². The molecule has 1 saturated carbocycles. The van der Waals surface area contributed by atoms with Crippen LogP contribution in [0.5, 0.6) is 0 Å². The van der Waals surface area contributed by atoms with Crippen LogP contribution in [0.25, 0.3) is 0 Å². The van der Waals surface area contributed by atoms with Crippen LogP contribution in [0.4, 0.5) is 23.3 Å². The molecule has 0 radical (unpaired) electrons. The van der Waals surface area contributed by atoms with Gasteiger partial charge in [0.15, 0.2) is 5.82 Å². The molecule has 1 aliphatic carbocycles. The van der Waals surface area contributed by atoms with Gasteiger partial charge in [-0.05, 0) is 43.9 Å². The lowest BCUT2D eigenvalue weighted by atomic mass is 9.89. The summed E-state index contributed by atoms with van der Waals surface area (Å²) in [4.78, 5) is 31.5. The van der Waals surface area contributed by atoms with Crippen LogP contribution < -0.4 is 15.5 Å². The predicted molar refractivity (Wildman–Crippen MR) is 133 cm³/mol. The summed E-state index contributed by atoms with van der Waals surface area (Å²) in [6.45, 7) is 3.03. The second kappa shape index (κ2) is 10.6. The number of carbonyl (C=O) groups excluding carboxylic acids is 1. The van der Waals surface area contributed by atoms with Crippen LogP contribution >= 0.6 is 11.6 Å². The highest BCUT2D eigenvalue weighted by Crippen LogP contribution is 2.34. The van der Waals surface area contributed by atoms with Crippen LogP contribution in [-0.2, 0) is 4.79 Å². The Morgan fingerprint density at radius 3 is 2.63 bits per heavy atom. The van der Waals surface area contributed by atoms with Gasteiger partial charge in [0.2, 0.25) is 23.7 Å². The minimum atomic E-state index is -0.194. The lowest BCUT2D eigenvalue weighted by Gasteiger charge is -2.30. The highest BCUT2D eigenvalue weighted by Gasteiger charge is 2.28. The average molecular weight is 497 g/mol. The SMILES string of the molecule is CC(=O)Nc1cc(Nc2ncnc(N3CCC(c4nc(C5CCCCC5)no4)CC3)n2)ccc1Cl. The van der Waals surface area contributed by atoms with Crippen LogP contribution in [0.3, 0.4) is 0 Å². The smallest absolute Gasteiger partial charge is 0.231 e. The first-order valence-corrected chi connectivity index (χ1v) is 12.5. The summed E-state index contributed by atoms with van der Waals surface area (Å²) >= 11 is 6.16. The van der Waals surface area contributed by atoms with Crippen LogP contribution in [0, 0.1) is 0 Å². The molecule has 1 amide bonds. The van der Waals surface area contributed by atoms with Crippen molar-refractivity contribution in [2.45, 2.75) is 63.7 Å². The van der Waals surface area contributed by atoms with Gasteiger partial charge in [0, 0.05) is 37.5 Å². The number of hydrogen-bond acceptors (Lipinski definition) is 9. The van der Waals surface area contributed by atoms with E-state index in [-0.39, 0.29) is 11.8 Å². The van der Waals surface area contributed by atoms with Crippen molar-refractivity contribution >= 4 is 40.8 Å². The molecule has 1 aliphatic heterocycles. The van der Waals surface area contributed by atoms with E-state index >= 15 is 0 Å². The number of piperidine rings is 1. The molecule has 1 aromatic carbocycles. The lowest BCUT2D eigenvalue weighted by molar-refractivity contribution is -0.114. The van der Waals surface area contributed by atoms with Gasteiger partial charge in [-0.2, -0.15) is 9.97 Å². The third kappa shape index (κ3) is 5.70. The standard InChI is InChI=1S/C24H29ClN8O2/c1-15(34)28-20-13-18(7-8-19(20)25)29-23-26-14-27-24(31-23)33-11-9-17(10-12-33)22-30-21(32-35-22)16-5-3-2-4-6-16/h7-8,13-14,16-17H,2-6,9-12H2,1H3,(H,28,34)(H,26,27,29,31). The zero-order valence-corrected chi connectivity index (χ0v) is 20.5. The van der Waals surface area contributed by atoms with Gasteiger partial charge in [0.25, 0.3) is 0 Å². The molecule has 2 aromatic heterocycles. The van der Waals surface area contributed by atoms with E-state index in [0.29, 0.717) is 34.2 Å². The molecule has 3 aromatic rings. The van der Waals surface area contributed by atoms with E-state index in [1.165, 1.54) is 32.5 Å². The minimum Gasteiger partial charge on any atom is -0.341 e. The third-order valence-corrected chi connectivity index (χ3v) is 6.98. The van der Waals surface area contributed by atoms with E-state index in [1.54, 1.807) is 18.2 Å². The highest BCUT2D eigenvalue weighted by molar-refractivity contribution is 6.33. The second-order valence-corrected chi connectivity index (χ2v) is 9.60. The molecule has 1 saturated heterocycles. The fourth-order valence-corrected chi connectivity index (χ4v) is 4.95. The van der Waals surface area contributed by atoms with Gasteiger partial charge >= 0.3 is 0 Å². The molecule has 10 nitrogen and oxygen atoms in total. The van der Waals surface area contributed by atoms with Crippen molar-refractivity contribution in [3.05, 3.63) is 41.3 Å². The van der Waals surface area contributed by atoms with E-state index < -0.39 is 0 Å². The molecule has 0 unspecified atom stereocenters. The Bertz CT molecular complexity index is 1170. The topological polar surface area (TPSA) is 122 Å². The van der Waals surface area contributed by atoms with Crippen LogP contribution in [0.15, 0.2) is 29.0 Å². The number of halogens is 1. The van der Waals surface area contributed by atoms with E-state index in [4.69, 9.17) is 21.1 Å². The molecule has 0 bridgehead atoms. The second-order valence-electron chi connectivity index (χ2n) is 9.20. The Morgan fingerprint density at radius 1 is 1.06 bits per heavy atom. The number of carbonyl (C=O) groups is 1. The number of rotatable bonds is 6.